The highest BCUT2D eigenvalue weighted by Crippen LogP contribution is 2.33. The number of likely N-dealkylation sites (tertiary alicyclic amines) is 1. The van der Waals surface area contributed by atoms with Crippen molar-refractivity contribution in [2.24, 2.45) is 0 Å². The molecule has 8 nitrogen and oxygen atoms in total. The van der Waals surface area contributed by atoms with Crippen molar-refractivity contribution < 1.29 is 9.53 Å². The van der Waals surface area contributed by atoms with Crippen LogP contribution >= 0.6 is 0 Å². The number of nitrogens with one attached hydrogen (secondary N) is 1. The minimum Gasteiger partial charge on any atom is -0.496 e. The maximum Gasteiger partial charge on any atom is 0.277 e. The van der Waals surface area contributed by atoms with Crippen LogP contribution in [0, 0.1) is 6.92 Å². The molecular formula is C25H31N5O3. The van der Waals surface area contributed by atoms with E-state index in [1.54, 1.807) is 23.4 Å². The molecule has 5 rings (SSSR count). The molecule has 2 aromatic heterocycles. The molecule has 0 aliphatic carbocycles. The molecule has 0 bridgehead atoms. The standard InChI is InChI=1S/C25H31N5O3/c1-16-7-8-23(33-3)18(12-16)14-29-10-5-4-6-22(29)21-13-24-26-20-9-11-28(17(2)31)15-19(20)25(32)30(24)27-21/h7-8,12-13,22,27H,4-6,9-11,14-15H2,1-3H3/t22-/m1/s1. The first-order valence-electron chi connectivity index (χ1n) is 11.7. The van der Waals surface area contributed by atoms with Crippen molar-refractivity contribution in [2.45, 2.75) is 58.7 Å². The van der Waals surface area contributed by atoms with Crippen LogP contribution in [0.3, 0.4) is 0 Å². The molecule has 2 aliphatic heterocycles. The zero-order valence-corrected chi connectivity index (χ0v) is 19.6. The Morgan fingerprint density at radius 3 is 2.88 bits per heavy atom. The normalized spacial score (nSPS) is 19.0. The van der Waals surface area contributed by atoms with E-state index in [-0.39, 0.29) is 17.5 Å². The summed E-state index contributed by atoms with van der Waals surface area (Å²) in [4.78, 5) is 34.0. The van der Waals surface area contributed by atoms with Crippen molar-refractivity contribution in [3.05, 3.63) is 62.7 Å². The number of carbonyl (C=O) groups is 1. The summed E-state index contributed by atoms with van der Waals surface area (Å²) in [6.07, 6.45) is 3.93. The van der Waals surface area contributed by atoms with Crippen LogP contribution in [0.4, 0.5) is 0 Å². The molecule has 1 atom stereocenters. The highest BCUT2D eigenvalue weighted by Gasteiger charge is 2.28. The van der Waals surface area contributed by atoms with E-state index in [2.05, 4.69) is 29.1 Å². The second-order valence-corrected chi connectivity index (χ2v) is 9.24. The zero-order valence-electron chi connectivity index (χ0n) is 19.6. The lowest BCUT2D eigenvalue weighted by Crippen LogP contribution is -2.39. The number of aromatic amines is 1. The van der Waals surface area contributed by atoms with E-state index in [1.165, 1.54) is 11.1 Å². The topological polar surface area (TPSA) is 82.9 Å². The summed E-state index contributed by atoms with van der Waals surface area (Å²) in [5.41, 5.74) is 5.39. The lowest BCUT2D eigenvalue weighted by atomic mass is 9.98. The lowest BCUT2D eigenvalue weighted by Gasteiger charge is -2.35. The second-order valence-electron chi connectivity index (χ2n) is 9.24. The lowest BCUT2D eigenvalue weighted by molar-refractivity contribution is -0.129. The Morgan fingerprint density at radius 2 is 2.09 bits per heavy atom. The average molecular weight is 450 g/mol. The number of rotatable bonds is 4. The van der Waals surface area contributed by atoms with Gasteiger partial charge in [-0.1, -0.05) is 24.1 Å². The molecule has 3 aromatic rings. The minimum absolute atomic E-state index is 0.0123. The van der Waals surface area contributed by atoms with Crippen molar-refractivity contribution in [2.75, 3.05) is 20.2 Å². The number of piperidine rings is 1. The molecule has 33 heavy (non-hydrogen) atoms. The molecular weight excluding hydrogens is 418 g/mol. The fraction of sp³-hybridized carbons (Fsp3) is 0.480. The maximum atomic E-state index is 13.3. The maximum absolute atomic E-state index is 13.3. The highest BCUT2D eigenvalue weighted by molar-refractivity contribution is 5.73. The van der Waals surface area contributed by atoms with E-state index in [1.807, 2.05) is 12.1 Å². The van der Waals surface area contributed by atoms with Gasteiger partial charge in [0, 0.05) is 38.1 Å². The molecule has 174 valence electrons. The smallest absolute Gasteiger partial charge is 0.277 e. The third-order valence-corrected chi connectivity index (χ3v) is 7.01. The van der Waals surface area contributed by atoms with E-state index < -0.39 is 0 Å². The molecule has 0 spiro atoms. The molecule has 2 aliphatic rings. The molecule has 0 saturated carbocycles. The second kappa shape index (κ2) is 8.67. The van der Waals surface area contributed by atoms with Gasteiger partial charge in [0.15, 0.2) is 5.65 Å². The Labute approximate surface area is 193 Å². The molecule has 4 heterocycles. The number of methoxy groups -OCH3 is 1. The minimum atomic E-state index is -0.102. The number of aryl methyl sites for hydroxylation is 1. The largest absolute Gasteiger partial charge is 0.496 e. The monoisotopic (exact) mass is 449 g/mol. The summed E-state index contributed by atoms with van der Waals surface area (Å²) in [7, 11) is 1.71. The third kappa shape index (κ3) is 4.04. The van der Waals surface area contributed by atoms with Crippen LogP contribution in [0.1, 0.15) is 60.3 Å². The molecule has 0 unspecified atom stereocenters. The van der Waals surface area contributed by atoms with Gasteiger partial charge in [0.1, 0.15) is 5.75 Å². The summed E-state index contributed by atoms with van der Waals surface area (Å²) in [6, 6.07) is 8.49. The van der Waals surface area contributed by atoms with E-state index in [0.29, 0.717) is 30.7 Å². The summed E-state index contributed by atoms with van der Waals surface area (Å²) >= 11 is 0. The van der Waals surface area contributed by atoms with Crippen molar-refractivity contribution in [3.63, 3.8) is 0 Å². The molecule has 1 amide bonds. The van der Waals surface area contributed by atoms with Gasteiger partial charge in [0.25, 0.3) is 5.56 Å². The van der Waals surface area contributed by atoms with Gasteiger partial charge in [0.05, 0.1) is 36.6 Å². The predicted octanol–water partition coefficient (Wildman–Crippen LogP) is 2.97. The van der Waals surface area contributed by atoms with Crippen LogP contribution in [0.2, 0.25) is 0 Å². The van der Waals surface area contributed by atoms with E-state index in [4.69, 9.17) is 9.72 Å². The third-order valence-electron chi connectivity index (χ3n) is 7.01. The Morgan fingerprint density at radius 1 is 1.24 bits per heavy atom. The first-order valence-corrected chi connectivity index (χ1v) is 11.7. The van der Waals surface area contributed by atoms with Crippen molar-refractivity contribution >= 4 is 11.6 Å². The number of carbonyl (C=O) groups excluding carboxylic acids is 1. The van der Waals surface area contributed by atoms with E-state index >= 15 is 0 Å². The van der Waals surface area contributed by atoms with E-state index in [0.717, 1.165) is 49.5 Å². The summed E-state index contributed by atoms with van der Waals surface area (Å²) < 4.78 is 7.16. The summed E-state index contributed by atoms with van der Waals surface area (Å²) in [6.45, 7) is 6.36. The highest BCUT2D eigenvalue weighted by atomic mass is 16.5. The number of nitrogens with zero attached hydrogens (tertiary/aromatic N) is 4. The predicted molar refractivity (Wildman–Crippen MR) is 125 cm³/mol. The fourth-order valence-corrected chi connectivity index (χ4v) is 5.22. The average Bonchev–Trinajstić information content (AvgIpc) is 3.24. The van der Waals surface area contributed by atoms with Crippen LogP contribution in [0.15, 0.2) is 29.1 Å². The quantitative estimate of drug-likeness (QED) is 0.662. The molecule has 1 saturated heterocycles. The number of ether oxygens (including phenoxy) is 1. The van der Waals surface area contributed by atoms with Crippen molar-refractivity contribution in [1.82, 2.24) is 24.4 Å². The van der Waals surface area contributed by atoms with Gasteiger partial charge in [-0.05, 0) is 32.4 Å². The number of aromatic nitrogens is 3. The van der Waals surface area contributed by atoms with Crippen LogP contribution < -0.4 is 10.3 Å². The number of benzene rings is 1. The van der Waals surface area contributed by atoms with Crippen LogP contribution in [-0.4, -0.2) is 50.5 Å². The Bertz CT molecular complexity index is 1260. The molecule has 1 aromatic carbocycles. The Hall–Kier alpha value is -3.13. The Kier molecular flexibility index (Phi) is 5.70. The van der Waals surface area contributed by atoms with Gasteiger partial charge in [-0.3, -0.25) is 19.6 Å². The molecule has 1 fully saturated rings. The first kappa shape index (κ1) is 21.7. The number of fused-ring (bicyclic) bond motifs is 2. The van der Waals surface area contributed by atoms with Crippen molar-refractivity contribution in [1.29, 1.82) is 0 Å². The fourth-order valence-electron chi connectivity index (χ4n) is 5.22. The van der Waals surface area contributed by atoms with Crippen LogP contribution in [0.5, 0.6) is 5.75 Å². The number of hydrogen-bond donors (Lipinski definition) is 1. The molecule has 8 heteroatoms. The van der Waals surface area contributed by atoms with Gasteiger partial charge < -0.3 is 9.64 Å². The SMILES string of the molecule is COc1ccc(C)cc1CN1CCCC[C@@H]1c1cc2nc3c(c(=O)n2[nH]1)CN(C(C)=O)CC3. The van der Waals surface area contributed by atoms with E-state index in [9.17, 15) is 9.59 Å². The van der Waals surface area contributed by atoms with Gasteiger partial charge in [-0.2, -0.15) is 0 Å². The Balaban J connectivity index is 1.49. The first-order chi connectivity index (χ1) is 15.9. The number of amides is 1. The summed E-state index contributed by atoms with van der Waals surface area (Å²) in [5, 5.41) is 3.35. The zero-order chi connectivity index (χ0) is 23.1. The van der Waals surface area contributed by atoms with Gasteiger partial charge >= 0.3 is 0 Å². The van der Waals surface area contributed by atoms with Crippen LogP contribution in [-0.2, 0) is 24.3 Å². The number of H-pyrrole nitrogens is 1. The molecule has 1 N–H and O–H groups in total. The van der Waals surface area contributed by atoms with Crippen LogP contribution in [0.25, 0.3) is 5.65 Å². The van der Waals surface area contributed by atoms with Gasteiger partial charge in [0.2, 0.25) is 5.91 Å². The van der Waals surface area contributed by atoms with Gasteiger partial charge in [-0.15, -0.1) is 0 Å². The van der Waals surface area contributed by atoms with Crippen molar-refractivity contribution in [3.8, 4) is 5.75 Å². The summed E-state index contributed by atoms with van der Waals surface area (Å²) in [5.74, 6) is 0.893. The number of hydrogen-bond acceptors (Lipinski definition) is 5. The molecule has 0 radical (unpaired) electrons. The van der Waals surface area contributed by atoms with Gasteiger partial charge in [-0.25, -0.2) is 9.50 Å².